The van der Waals surface area contributed by atoms with Crippen LogP contribution >= 0.6 is 11.8 Å². The number of thioether (sulfide) groups is 1. The minimum atomic E-state index is -0.670. The Morgan fingerprint density at radius 2 is 2.00 bits per heavy atom. The van der Waals surface area contributed by atoms with E-state index in [0.717, 1.165) is 24.6 Å². The van der Waals surface area contributed by atoms with Gasteiger partial charge in [0.25, 0.3) is 0 Å². The number of esters is 1. The van der Waals surface area contributed by atoms with Gasteiger partial charge in [-0.05, 0) is 17.7 Å². The molecule has 2 N–H and O–H groups in total. The zero-order valence-corrected chi connectivity index (χ0v) is 14.7. The van der Waals surface area contributed by atoms with Crippen molar-refractivity contribution >= 4 is 23.8 Å². The number of nitrogens with one attached hydrogen (secondary N) is 2. The van der Waals surface area contributed by atoms with Crippen LogP contribution in [0.15, 0.2) is 35.5 Å². The van der Waals surface area contributed by atoms with Gasteiger partial charge in [0.05, 0.1) is 18.7 Å². The first-order valence-electron chi connectivity index (χ1n) is 8.03. The van der Waals surface area contributed by atoms with E-state index in [1.54, 1.807) is 12.1 Å². The lowest BCUT2D eigenvalue weighted by molar-refractivity contribution is -0.136. The molecule has 0 unspecified atom stereocenters. The Hall–Kier alpha value is -2.06. The summed E-state index contributed by atoms with van der Waals surface area (Å²) in [7, 11) is 1.31. The molecule has 134 valence electrons. The molecule has 3 rings (SSSR count). The molecule has 6 nitrogen and oxygen atoms in total. The molecule has 2 aliphatic heterocycles. The highest BCUT2D eigenvalue weighted by Crippen LogP contribution is 2.28. The lowest BCUT2D eigenvalue weighted by Crippen LogP contribution is -2.49. The van der Waals surface area contributed by atoms with Crippen molar-refractivity contribution in [2.24, 2.45) is 0 Å². The van der Waals surface area contributed by atoms with E-state index in [9.17, 15) is 14.0 Å². The molecule has 0 spiro atoms. The number of ether oxygens (including phenoxy) is 1. The number of carbonyl (C=O) groups is 2. The Kier molecular flexibility index (Phi) is 5.60. The Morgan fingerprint density at radius 3 is 2.64 bits per heavy atom. The third-order valence-electron chi connectivity index (χ3n) is 4.25. The van der Waals surface area contributed by atoms with Gasteiger partial charge in [-0.25, -0.2) is 14.0 Å². The van der Waals surface area contributed by atoms with Gasteiger partial charge in [-0.1, -0.05) is 12.1 Å². The van der Waals surface area contributed by atoms with Crippen LogP contribution in [0.4, 0.5) is 9.18 Å². The van der Waals surface area contributed by atoms with Crippen LogP contribution < -0.4 is 10.6 Å². The van der Waals surface area contributed by atoms with E-state index in [1.165, 1.54) is 19.2 Å². The summed E-state index contributed by atoms with van der Waals surface area (Å²) in [4.78, 5) is 26.7. The minimum absolute atomic E-state index is 0.354. The maximum atomic E-state index is 13.2. The zero-order chi connectivity index (χ0) is 17.8. The van der Waals surface area contributed by atoms with Gasteiger partial charge in [-0.3, -0.25) is 4.90 Å². The van der Waals surface area contributed by atoms with Crippen molar-refractivity contribution in [1.82, 2.24) is 15.5 Å². The van der Waals surface area contributed by atoms with E-state index in [2.05, 4.69) is 15.5 Å². The molecule has 2 heterocycles. The molecule has 25 heavy (non-hydrogen) atoms. The van der Waals surface area contributed by atoms with Crippen molar-refractivity contribution in [1.29, 1.82) is 0 Å². The predicted octanol–water partition coefficient (Wildman–Crippen LogP) is 1.66. The summed E-state index contributed by atoms with van der Waals surface area (Å²) in [6.07, 6.45) is 0. The monoisotopic (exact) mass is 365 g/mol. The summed E-state index contributed by atoms with van der Waals surface area (Å²) in [6.45, 7) is 2.26. The number of amides is 2. The molecular formula is C17H20FN3O3S. The molecule has 1 saturated heterocycles. The van der Waals surface area contributed by atoms with Crippen LogP contribution in [0.1, 0.15) is 11.6 Å². The summed E-state index contributed by atoms with van der Waals surface area (Å²) in [5.74, 6) is 1.16. The summed E-state index contributed by atoms with van der Waals surface area (Å²) < 4.78 is 18.2. The second-order valence-electron chi connectivity index (χ2n) is 5.86. The van der Waals surface area contributed by atoms with E-state index in [-0.39, 0.29) is 11.8 Å². The van der Waals surface area contributed by atoms with Crippen molar-refractivity contribution in [2.75, 3.05) is 38.2 Å². The quantitative estimate of drug-likeness (QED) is 0.794. The van der Waals surface area contributed by atoms with Gasteiger partial charge in [-0.2, -0.15) is 11.8 Å². The Morgan fingerprint density at radius 1 is 1.32 bits per heavy atom. The lowest BCUT2D eigenvalue weighted by Gasteiger charge is -2.33. The fourth-order valence-corrected chi connectivity index (χ4v) is 3.96. The average Bonchev–Trinajstić information content (AvgIpc) is 2.62. The number of rotatable bonds is 4. The van der Waals surface area contributed by atoms with E-state index in [0.29, 0.717) is 23.4 Å². The number of halogens is 1. The van der Waals surface area contributed by atoms with Crippen LogP contribution in [-0.2, 0) is 9.53 Å². The van der Waals surface area contributed by atoms with Crippen molar-refractivity contribution in [3.8, 4) is 0 Å². The van der Waals surface area contributed by atoms with E-state index in [4.69, 9.17) is 4.74 Å². The first-order chi connectivity index (χ1) is 12.1. The summed E-state index contributed by atoms with van der Waals surface area (Å²) in [6, 6.07) is 4.67. The molecule has 0 radical (unpaired) electrons. The van der Waals surface area contributed by atoms with E-state index >= 15 is 0 Å². The molecule has 1 fully saturated rings. The highest BCUT2D eigenvalue weighted by atomic mass is 32.2. The zero-order valence-electron chi connectivity index (χ0n) is 13.9. The first-order valence-corrected chi connectivity index (χ1v) is 9.18. The number of hydrogen-bond donors (Lipinski definition) is 2. The van der Waals surface area contributed by atoms with Crippen LogP contribution in [-0.4, -0.2) is 55.2 Å². The fourth-order valence-electron chi connectivity index (χ4n) is 2.98. The second kappa shape index (κ2) is 7.88. The molecule has 0 aromatic heterocycles. The second-order valence-corrected chi connectivity index (χ2v) is 7.08. The van der Waals surface area contributed by atoms with Crippen molar-refractivity contribution in [3.63, 3.8) is 0 Å². The van der Waals surface area contributed by atoms with Gasteiger partial charge in [0.2, 0.25) is 0 Å². The van der Waals surface area contributed by atoms with Gasteiger partial charge in [-0.15, -0.1) is 0 Å². The molecular weight excluding hydrogens is 345 g/mol. The third kappa shape index (κ3) is 4.13. The molecule has 2 amide bonds. The predicted molar refractivity (Wildman–Crippen MR) is 93.6 cm³/mol. The Balaban J connectivity index is 1.96. The Labute approximate surface area is 149 Å². The number of urea groups is 1. The van der Waals surface area contributed by atoms with Crippen LogP contribution in [0, 0.1) is 5.82 Å². The molecule has 0 aliphatic carbocycles. The van der Waals surface area contributed by atoms with Gasteiger partial charge >= 0.3 is 12.0 Å². The van der Waals surface area contributed by atoms with Gasteiger partial charge in [0, 0.05) is 36.8 Å². The number of benzene rings is 1. The van der Waals surface area contributed by atoms with Crippen molar-refractivity contribution in [2.45, 2.75) is 6.04 Å². The number of methoxy groups -OCH3 is 1. The third-order valence-corrected chi connectivity index (χ3v) is 5.19. The number of carbonyl (C=O) groups excluding carboxylic acids is 2. The molecule has 1 aromatic carbocycles. The van der Waals surface area contributed by atoms with Gasteiger partial charge < -0.3 is 15.4 Å². The van der Waals surface area contributed by atoms with Gasteiger partial charge in [0.1, 0.15) is 5.82 Å². The van der Waals surface area contributed by atoms with Crippen molar-refractivity contribution < 1.29 is 18.7 Å². The first kappa shape index (κ1) is 17.8. The van der Waals surface area contributed by atoms with E-state index < -0.39 is 12.0 Å². The molecule has 0 bridgehead atoms. The molecule has 0 saturated carbocycles. The highest BCUT2D eigenvalue weighted by molar-refractivity contribution is 7.99. The van der Waals surface area contributed by atoms with E-state index in [1.807, 2.05) is 11.8 Å². The van der Waals surface area contributed by atoms with Crippen molar-refractivity contribution in [3.05, 3.63) is 46.9 Å². The van der Waals surface area contributed by atoms with Crippen LogP contribution in [0.25, 0.3) is 0 Å². The molecule has 1 aromatic rings. The summed E-state index contributed by atoms with van der Waals surface area (Å²) >= 11 is 1.89. The van der Waals surface area contributed by atoms with Crippen LogP contribution in [0.2, 0.25) is 0 Å². The minimum Gasteiger partial charge on any atom is -0.466 e. The normalized spacial score (nSPS) is 21.5. The van der Waals surface area contributed by atoms with Crippen LogP contribution in [0.3, 0.4) is 0 Å². The highest BCUT2D eigenvalue weighted by Gasteiger charge is 2.34. The largest absolute Gasteiger partial charge is 0.466 e. The standard InChI is InChI=1S/C17H20FN3O3S/c1-24-16(22)14-13(10-21-6-8-25-9-7-21)19-17(23)20-15(14)11-2-4-12(18)5-3-11/h2-5,15H,6-10H2,1H3,(H2,19,20,23)/t15-/m1/s1. The van der Waals surface area contributed by atoms with Crippen LogP contribution in [0.5, 0.6) is 0 Å². The smallest absolute Gasteiger partial charge is 0.338 e. The fraction of sp³-hybridized carbons (Fsp3) is 0.412. The summed E-state index contributed by atoms with van der Waals surface area (Å²) in [5, 5.41) is 5.48. The molecule has 8 heteroatoms. The van der Waals surface area contributed by atoms with Gasteiger partial charge in [0.15, 0.2) is 0 Å². The topological polar surface area (TPSA) is 70.7 Å². The summed E-state index contributed by atoms with van der Waals surface area (Å²) in [5.41, 5.74) is 1.52. The maximum Gasteiger partial charge on any atom is 0.338 e. The molecule has 2 aliphatic rings. The number of hydrogen-bond acceptors (Lipinski definition) is 5. The number of nitrogens with zero attached hydrogens (tertiary/aromatic N) is 1. The Bertz CT molecular complexity index is 687. The SMILES string of the molecule is COC(=O)C1=C(CN2CCSCC2)NC(=O)N[C@@H]1c1ccc(F)cc1. The molecule has 1 atom stereocenters. The average molecular weight is 365 g/mol. The lowest BCUT2D eigenvalue weighted by atomic mass is 9.95. The maximum absolute atomic E-state index is 13.2.